The van der Waals surface area contributed by atoms with Gasteiger partial charge in [-0.25, -0.2) is 9.97 Å². The van der Waals surface area contributed by atoms with Crippen molar-refractivity contribution in [2.75, 3.05) is 25.1 Å². The fraction of sp³-hybridized carbons (Fsp3) is 0.647. The topological polar surface area (TPSA) is 47.0 Å². The minimum absolute atomic E-state index is 0.593. The molecule has 0 unspecified atom stereocenters. The molecule has 0 saturated heterocycles. The number of thiophene rings is 1. The van der Waals surface area contributed by atoms with Crippen molar-refractivity contribution in [3.63, 3.8) is 0 Å². The van der Waals surface area contributed by atoms with E-state index in [0.717, 1.165) is 31.4 Å². The molecule has 0 bridgehead atoms. The van der Waals surface area contributed by atoms with E-state index in [-0.39, 0.29) is 0 Å². The molecule has 0 aliphatic heterocycles. The van der Waals surface area contributed by atoms with E-state index >= 15 is 0 Å². The number of nitrogens with one attached hydrogen (secondary N) is 1. The second kappa shape index (κ2) is 6.13. The van der Waals surface area contributed by atoms with Crippen molar-refractivity contribution in [1.29, 1.82) is 0 Å². The van der Waals surface area contributed by atoms with E-state index in [4.69, 9.17) is 14.7 Å². The Bertz CT molecular complexity index is 678. The Labute approximate surface area is 135 Å². The lowest BCUT2D eigenvalue weighted by Crippen LogP contribution is -2.12. The van der Waals surface area contributed by atoms with Gasteiger partial charge in [0.2, 0.25) is 0 Å². The number of aromatic nitrogens is 2. The fourth-order valence-corrected chi connectivity index (χ4v) is 4.48. The van der Waals surface area contributed by atoms with Crippen LogP contribution < -0.4 is 5.32 Å². The molecule has 1 fully saturated rings. The van der Waals surface area contributed by atoms with E-state index < -0.39 is 0 Å². The van der Waals surface area contributed by atoms with Crippen LogP contribution in [0.4, 0.5) is 5.82 Å². The molecule has 2 heterocycles. The summed E-state index contributed by atoms with van der Waals surface area (Å²) in [4.78, 5) is 12.5. The van der Waals surface area contributed by atoms with Gasteiger partial charge >= 0.3 is 0 Å². The summed E-state index contributed by atoms with van der Waals surface area (Å²) in [6, 6.07) is 0. The van der Waals surface area contributed by atoms with E-state index in [1.54, 1.807) is 0 Å². The largest absolute Gasteiger partial charge is 0.380 e. The van der Waals surface area contributed by atoms with Gasteiger partial charge in [-0.05, 0) is 51.0 Å². The number of hydrogen-bond acceptors (Lipinski definition) is 5. The zero-order valence-electron chi connectivity index (χ0n) is 13.2. The van der Waals surface area contributed by atoms with Gasteiger partial charge in [-0.3, -0.25) is 0 Å². The molecule has 2 aliphatic carbocycles. The molecule has 0 aromatic carbocycles. The van der Waals surface area contributed by atoms with Crippen molar-refractivity contribution in [2.24, 2.45) is 0 Å². The van der Waals surface area contributed by atoms with Crippen molar-refractivity contribution >= 4 is 27.4 Å². The quantitative estimate of drug-likeness (QED) is 0.821. The molecule has 1 saturated carbocycles. The van der Waals surface area contributed by atoms with Gasteiger partial charge < -0.3 is 10.1 Å². The van der Waals surface area contributed by atoms with Crippen molar-refractivity contribution in [3.8, 4) is 0 Å². The number of ether oxygens (including phenoxy) is 1. The molecular weight excluding hydrogens is 294 g/mol. The lowest BCUT2D eigenvalue weighted by molar-refractivity contribution is 0.158. The minimum Gasteiger partial charge on any atom is -0.380 e. The van der Waals surface area contributed by atoms with Crippen LogP contribution in [-0.2, 0) is 17.6 Å². The van der Waals surface area contributed by atoms with Crippen LogP contribution in [0.2, 0.25) is 0 Å². The fourth-order valence-electron chi connectivity index (χ4n) is 3.21. The summed E-state index contributed by atoms with van der Waals surface area (Å²) in [7, 11) is 0. The van der Waals surface area contributed by atoms with Gasteiger partial charge in [0.05, 0.1) is 12.0 Å². The standard InChI is InChI=1S/C17H23N3OS/c1-2-21-10-9-18-16-14-12-5-3-4-6-13(12)22-17(14)20-15(19-16)11-7-8-11/h11H,2-10H2,1H3,(H,18,19,20). The smallest absolute Gasteiger partial charge is 0.138 e. The number of rotatable bonds is 6. The Morgan fingerprint density at radius 1 is 1.23 bits per heavy atom. The predicted octanol–water partition coefficient (Wildman–Crippen LogP) is 3.90. The van der Waals surface area contributed by atoms with Gasteiger partial charge in [-0.15, -0.1) is 11.3 Å². The zero-order valence-corrected chi connectivity index (χ0v) is 14.0. The van der Waals surface area contributed by atoms with Gasteiger partial charge in [0.15, 0.2) is 0 Å². The minimum atomic E-state index is 0.593. The van der Waals surface area contributed by atoms with Crippen LogP contribution in [0.3, 0.4) is 0 Å². The normalized spacial score (nSPS) is 17.7. The maximum Gasteiger partial charge on any atom is 0.138 e. The summed E-state index contributed by atoms with van der Waals surface area (Å²) >= 11 is 1.89. The van der Waals surface area contributed by atoms with Crippen LogP contribution in [0.5, 0.6) is 0 Å². The van der Waals surface area contributed by atoms with E-state index in [1.165, 1.54) is 59.2 Å². The molecule has 22 heavy (non-hydrogen) atoms. The van der Waals surface area contributed by atoms with Gasteiger partial charge in [0.25, 0.3) is 0 Å². The average Bonchev–Trinajstić information content (AvgIpc) is 3.32. The molecule has 5 heteroatoms. The molecular formula is C17H23N3OS. The maximum absolute atomic E-state index is 5.45. The highest BCUT2D eigenvalue weighted by Gasteiger charge is 2.29. The van der Waals surface area contributed by atoms with E-state index in [1.807, 2.05) is 18.3 Å². The Balaban J connectivity index is 1.71. The molecule has 2 aromatic heterocycles. The Morgan fingerprint density at radius 3 is 2.91 bits per heavy atom. The summed E-state index contributed by atoms with van der Waals surface area (Å²) in [5.41, 5.74) is 1.51. The van der Waals surface area contributed by atoms with Gasteiger partial charge in [0, 0.05) is 23.9 Å². The first-order chi connectivity index (χ1) is 10.9. The highest BCUT2D eigenvalue weighted by molar-refractivity contribution is 7.19. The molecule has 0 spiro atoms. The van der Waals surface area contributed by atoms with E-state index in [9.17, 15) is 0 Å². The summed E-state index contributed by atoms with van der Waals surface area (Å²) in [5.74, 6) is 2.69. The van der Waals surface area contributed by atoms with Crippen molar-refractivity contribution < 1.29 is 4.74 Å². The summed E-state index contributed by atoms with van der Waals surface area (Å²) in [6.45, 7) is 4.34. The molecule has 1 N–H and O–H groups in total. The van der Waals surface area contributed by atoms with Crippen molar-refractivity contribution in [3.05, 3.63) is 16.3 Å². The molecule has 4 nitrogen and oxygen atoms in total. The Morgan fingerprint density at radius 2 is 2.09 bits per heavy atom. The highest BCUT2D eigenvalue weighted by Crippen LogP contribution is 2.43. The van der Waals surface area contributed by atoms with Gasteiger partial charge in [-0.2, -0.15) is 0 Å². The zero-order chi connectivity index (χ0) is 14.9. The third kappa shape index (κ3) is 2.72. The predicted molar refractivity (Wildman–Crippen MR) is 91.0 cm³/mol. The molecule has 0 radical (unpaired) electrons. The highest BCUT2D eigenvalue weighted by atomic mass is 32.1. The number of hydrogen-bond donors (Lipinski definition) is 1. The number of fused-ring (bicyclic) bond motifs is 3. The molecule has 0 atom stereocenters. The molecule has 0 amide bonds. The molecule has 2 aliphatic rings. The van der Waals surface area contributed by atoms with Crippen LogP contribution in [-0.4, -0.2) is 29.7 Å². The first-order valence-electron chi connectivity index (χ1n) is 8.50. The number of nitrogens with zero attached hydrogens (tertiary/aromatic N) is 2. The lowest BCUT2D eigenvalue weighted by atomic mass is 9.97. The lowest BCUT2D eigenvalue weighted by Gasteiger charge is -2.13. The average molecular weight is 317 g/mol. The van der Waals surface area contributed by atoms with Crippen LogP contribution in [0, 0.1) is 0 Å². The SMILES string of the molecule is CCOCCNc1nc(C2CC2)nc2sc3c(c12)CCCC3. The van der Waals surface area contributed by atoms with Crippen molar-refractivity contribution in [1.82, 2.24) is 9.97 Å². The summed E-state index contributed by atoms with van der Waals surface area (Å²) < 4.78 is 5.45. The van der Waals surface area contributed by atoms with Gasteiger partial charge in [0.1, 0.15) is 16.5 Å². The van der Waals surface area contributed by atoms with Crippen LogP contribution >= 0.6 is 11.3 Å². The second-order valence-corrected chi connectivity index (χ2v) is 7.30. The molecule has 2 aromatic rings. The summed E-state index contributed by atoms with van der Waals surface area (Å²) in [6.07, 6.45) is 7.50. The Kier molecular flexibility index (Phi) is 4.01. The van der Waals surface area contributed by atoms with Gasteiger partial charge in [-0.1, -0.05) is 0 Å². The van der Waals surface area contributed by atoms with E-state index in [2.05, 4.69) is 5.32 Å². The first kappa shape index (κ1) is 14.4. The summed E-state index contributed by atoms with van der Waals surface area (Å²) in [5, 5.41) is 4.80. The molecule has 118 valence electrons. The molecule has 4 rings (SSSR count). The van der Waals surface area contributed by atoms with Crippen LogP contribution in [0.25, 0.3) is 10.2 Å². The van der Waals surface area contributed by atoms with Crippen molar-refractivity contribution in [2.45, 2.75) is 51.4 Å². The number of aryl methyl sites for hydroxylation is 2. The Hall–Kier alpha value is -1.20. The number of anilines is 1. The van der Waals surface area contributed by atoms with E-state index in [0.29, 0.717) is 5.92 Å². The monoisotopic (exact) mass is 317 g/mol. The third-order valence-corrected chi connectivity index (χ3v) is 5.70. The third-order valence-electron chi connectivity index (χ3n) is 4.52. The maximum atomic E-state index is 5.45. The second-order valence-electron chi connectivity index (χ2n) is 6.22. The van der Waals surface area contributed by atoms with Crippen LogP contribution in [0.15, 0.2) is 0 Å². The first-order valence-corrected chi connectivity index (χ1v) is 9.32. The van der Waals surface area contributed by atoms with Crippen LogP contribution in [0.1, 0.15) is 54.8 Å².